The molecule has 29 heavy (non-hydrogen) atoms. The molecule has 0 atom stereocenters. The number of sulfonamides is 1. The molecule has 0 radical (unpaired) electrons. The van der Waals surface area contributed by atoms with Gasteiger partial charge in [-0.05, 0) is 55.3 Å². The Hall–Kier alpha value is -1.60. The zero-order chi connectivity index (χ0) is 21.4. The van der Waals surface area contributed by atoms with Crippen LogP contribution in [-0.4, -0.2) is 31.7 Å². The average molecular weight is 457 g/mol. The van der Waals surface area contributed by atoms with E-state index in [0.29, 0.717) is 23.8 Å². The topological polar surface area (TPSA) is 66.5 Å². The van der Waals surface area contributed by atoms with Gasteiger partial charge in [0.05, 0.1) is 15.5 Å². The second-order valence-corrected chi connectivity index (χ2v) is 9.50. The first-order valence-corrected chi connectivity index (χ1v) is 11.9. The Morgan fingerprint density at radius 3 is 2.07 bits per heavy atom. The zero-order valence-electron chi connectivity index (χ0n) is 16.6. The predicted molar refractivity (Wildman–Crippen MR) is 119 cm³/mol. The monoisotopic (exact) mass is 456 g/mol. The van der Waals surface area contributed by atoms with Crippen molar-refractivity contribution in [1.29, 1.82) is 0 Å². The van der Waals surface area contributed by atoms with Crippen molar-refractivity contribution < 1.29 is 13.2 Å². The van der Waals surface area contributed by atoms with Crippen molar-refractivity contribution in [1.82, 2.24) is 4.31 Å². The lowest BCUT2D eigenvalue weighted by Gasteiger charge is -2.22. The van der Waals surface area contributed by atoms with Gasteiger partial charge in [-0.2, -0.15) is 4.31 Å². The first-order valence-electron chi connectivity index (χ1n) is 9.66. The van der Waals surface area contributed by atoms with E-state index in [1.807, 2.05) is 13.8 Å². The highest BCUT2D eigenvalue weighted by Gasteiger charge is 2.23. The van der Waals surface area contributed by atoms with Gasteiger partial charge >= 0.3 is 0 Å². The van der Waals surface area contributed by atoms with Crippen LogP contribution in [0.4, 0.5) is 5.69 Å². The molecule has 8 heteroatoms. The minimum absolute atomic E-state index is 0.215. The summed E-state index contributed by atoms with van der Waals surface area (Å²) in [5.74, 6) is -0.394. The summed E-state index contributed by atoms with van der Waals surface area (Å²) < 4.78 is 27.5. The summed E-state index contributed by atoms with van der Waals surface area (Å²) in [5.41, 5.74) is 0.770. The molecule has 0 aliphatic carbocycles. The van der Waals surface area contributed by atoms with E-state index in [4.69, 9.17) is 23.2 Å². The Morgan fingerprint density at radius 2 is 1.55 bits per heavy atom. The fourth-order valence-corrected chi connectivity index (χ4v) is 4.76. The van der Waals surface area contributed by atoms with Crippen molar-refractivity contribution in [3.05, 3.63) is 58.1 Å². The summed E-state index contributed by atoms with van der Waals surface area (Å²) in [5, 5.41) is 3.41. The van der Waals surface area contributed by atoms with Gasteiger partial charge in [0, 0.05) is 23.8 Å². The quantitative estimate of drug-likeness (QED) is 0.488. The molecule has 2 aromatic carbocycles. The van der Waals surface area contributed by atoms with E-state index >= 15 is 0 Å². The molecule has 0 saturated carbocycles. The molecular formula is C21H26Cl2N2O3S. The highest BCUT2D eigenvalue weighted by atomic mass is 35.5. The van der Waals surface area contributed by atoms with Gasteiger partial charge in [-0.3, -0.25) is 4.79 Å². The highest BCUT2D eigenvalue weighted by molar-refractivity contribution is 7.89. The van der Waals surface area contributed by atoms with Crippen LogP contribution in [0.3, 0.4) is 0 Å². The molecule has 2 rings (SSSR count). The third-order valence-electron chi connectivity index (χ3n) is 4.45. The molecule has 158 valence electrons. The summed E-state index contributed by atoms with van der Waals surface area (Å²) in [4.78, 5) is 12.6. The van der Waals surface area contributed by atoms with Gasteiger partial charge in [0.25, 0.3) is 5.91 Å². The number of hydrogen-bond donors (Lipinski definition) is 1. The van der Waals surface area contributed by atoms with E-state index in [9.17, 15) is 13.2 Å². The van der Waals surface area contributed by atoms with Gasteiger partial charge in [0.15, 0.2) is 0 Å². The Bertz CT molecular complexity index is 923. The van der Waals surface area contributed by atoms with Crippen LogP contribution < -0.4 is 5.32 Å². The number of unbranched alkanes of at least 4 members (excludes halogenated alkanes) is 2. The van der Waals surface area contributed by atoms with Crippen LogP contribution in [0.25, 0.3) is 0 Å². The fraction of sp³-hybridized carbons (Fsp3) is 0.381. The number of nitrogens with one attached hydrogen (secondary N) is 1. The highest BCUT2D eigenvalue weighted by Crippen LogP contribution is 2.23. The molecule has 0 aromatic heterocycles. The van der Waals surface area contributed by atoms with Gasteiger partial charge in [-0.1, -0.05) is 49.9 Å². The summed E-state index contributed by atoms with van der Waals surface area (Å²) >= 11 is 11.9. The van der Waals surface area contributed by atoms with E-state index in [-0.39, 0.29) is 15.5 Å². The second-order valence-electron chi connectivity index (χ2n) is 6.71. The van der Waals surface area contributed by atoms with Crippen molar-refractivity contribution in [2.24, 2.45) is 0 Å². The number of amides is 1. The number of benzene rings is 2. The third kappa shape index (κ3) is 6.44. The maximum atomic E-state index is 13.0. The molecular weight excluding hydrogens is 431 g/mol. The van der Waals surface area contributed by atoms with Gasteiger partial charge in [0.1, 0.15) is 0 Å². The number of rotatable bonds is 10. The van der Waals surface area contributed by atoms with Crippen LogP contribution in [0.1, 0.15) is 49.9 Å². The summed E-state index contributed by atoms with van der Waals surface area (Å²) in [7, 11) is -3.57. The van der Waals surface area contributed by atoms with Crippen molar-refractivity contribution >= 4 is 44.8 Å². The second kappa shape index (κ2) is 11.0. The van der Waals surface area contributed by atoms with Crippen LogP contribution >= 0.6 is 23.2 Å². The Balaban J connectivity index is 2.16. The number of carbonyl (C=O) groups is 1. The number of halogens is 2. The largest absolute Gasteiger partial charge is 0.322 e. The van der Waals surface area contributed by atoms with Crippen molar-refractivity contribution in [3.63, 3.8) is 0 Å². The maximum absolute atomic E-state index is 13.0. The molecule has 0 heterocycles. The molecule has 0 bridgehead atoms. The van der Waals surface area contributed by atoms with Crippen molar-refractivity contribution in [2.45, 2.75) is 44.4 Å². The Morgan fingerprint density at radius 1 is 0.966 bits per heavy atom. The lowest BCUT2D eigenvalue weighted by Crippen LogP contribution is -2.33. The van der Waals surface area contributed by atoms with Gasteiger partial charge in [-0.25, -0.2) is 8.42 Å². The van der Waals surface area contributed by atoms with Crippen LogP contribution in [0.5, 0.6) is 0 Å². The molecule has 0 saturated heterocycles. The molecule has 0 fully saturated rings. The Kier molecular flexibility index (Phi) is 8.96. The van der Waals surface area contributed by atoms with E-state index < -0.39 is 15.9 Å². The number of nitrogens with zero attached hydrogens (tertiary/aromatic N) is 1. The minimum Gasteiger partial charge on any atom is -0.322 e. The smallest absolute Gasteiger partial charge is 0.257 e. The van der Waals surface area contributed by atoms with Crippen molar-refractivity contribution in [2.75, 3.05) is 18.4 Å². The molecule has 2 aromatic rings. The van der Waals surface area contributed by atoms with Gasteiger partial charge < -0.3 is 5.32 Å². The van der Waals surface area contributed by atoms with E-state index in [1.165, 1.54) is 24.3 Å². The summed E-state index contributed by atoms with van der Waals surface area (Å²) in [6.07, 6.45) is 3.49. The third-order valence-corrected chi connectivity index (χ3v) is 6.91. The predicted octanol–water partition coefficient (Wildman–Crippen LogP) is 5.84. The molecule has 1 amide bonds. The summed E-state index contributed by atoms with van der Waals surface area (Å²) in [6, 6.07) is 10.8. The molecule has 0 spiro atoms. The average Bonchev–Trinajstić information content (AvgIpc) is 2.68. The zero-order valence-corrected chi connectivity index (χ0v) is 18.9. The summed E-state index contributed by atoms with van der Waals surface area (Å²) in [6.45, 7) is 5.09. The number of hydrogen-bond acceptors (Lipinski definition) is 3. The minimum atomic E-state index is -3.57. The number of anilines is 1. The van der Waals surface area contributed by atoms with Crippen LogP contribution in [0.15, 0.2) is 47.4 Å². The van der Waals surface area contributed by atoms with Gasteiger partial charge in [0.2, 0.25) is 10.0 Å². The van der Waals surface area contributed by atoms with Crippen LogP contribution in [-0.2, 0) is 10.0 Å². The number of carbonyl (C=O) groups excluding carboxylic acids is 1. The maximum Gasteiger partial charge on any atom is 0.257 e. The standard InChI is InChI=1S/C21H26Cl2N2O3S/c1-3-5-13-25(14-6-4-2)29(27,28)18-10-8-17(9-11-18)24-21(26)19-12-7-16(22)15-20(19)23/h7-12,15H,3-6,13-14H2,1-2H3,(H,24,26). The van der Waals surface area contributed by atoms with E-state index in [0.717, 1.165) is 25.7 Å². The lowest BCUT2D eigenvalue weighted by molar-refractivity contribution is 0.102. The van der Waals surface area contributed by atoms with Crippen molar-refractivity contribution in [3.8, 4) is 0 Å². The first kappa shape index (κ1) is 23.7. The first-order chi connectivity index (χ1) is 13.8. The lowest BCUT2D eigenvalue weighted by atomic mass is 10.2. The SMILES string of the molecule is CCCCN(CCCC)S(=O)(=O)c1ccc(NC(=O)c2ccc(Cl)cc2Cl)cc1. The molecule has 1 N–H and O–H groups in total. The Labute approximate surface area is 183 Å². The van der Waals surface area contributed by atoms with E-state index in [1.54, 1.807) is 22.5 Å². The fourth-order valence-electron chi connectivity index (χ4n) is 2.75. The molecule has 0 aliphatic heterocycles. The molecule has 0 aliphatic rings. The van der Waals surface area contributed by atoms with Gasteiger partial charge in [-0.15, -0.1) is 0 Å². The molecule has 0 unspecified atom stereocenters. The molecule has 5 nitrogen and oxygen atoms in total. The van der Waals surface area contributed by atoms with Crippen LogP contribution in [0, 0.1) is 0 Å². The van der Waals surface area contributed by atoms with E-state index in [2.05, 4.69) is 5.32 Å². The normalized spacial score (nSPS) is 11.6. The van der Waals surface area contributed by atoms with Crippen LogP contribution in [0.2, 0.25) is 10.0 Å².